The van der Waals surface area contributed by atoms with Gasteiger partial charge in [-0.1, -0.05) is 12.1 Å². The Kier molecular flexibility index (Phi) is 5.84. The number of oxazole rings is 1. The molecule has 1 fully saturated rings. The number of amides is 1. The van der Waals surface area contributed by atoms with Crippen LogP contribution in [0.1, 0.15) is 12.1 Å². The largest absolute Gasteiger partial charge is 0.419 e. The molecule has 0 saturated carbocycles. The van der Waals surface area contributed by atoms with Crippen LogP contribution in [-0.2, 0) is 23.0 Å². The summed E-state index contributed by atoms with van der Waals surface area (Å²) in [6.07, 6.45) is 2.20. The molecule has 0 bridgehead atoms. The van der Waals surface area contributed by atoms with Gasteiger partial charge in [0.15, 0.2) is 5.58 Å². The van der Waals surface area contributed by atoms with Crippen LogP contribution in [0.25, 0.3) is 22.2 Å². The molecule has 0 spiro atoms. The first kappa shape index (κ1) is 20.8. The standard InChI is InChI=1S/C22H23N5O4/c1-26-18-9-14(4-6-19(18)31-22(26)29)15-3-5-16(25-12-15)10-17(11-23)27-7-2-8-30-20(13-27)21(24)28/h3-6,9,12,17,20H,2,7-8,10,13H2,1H3,(H2,24,28)/t17-,20+/m1/s1. The van der Waals surface area contributed by atoms with Crippen molar-refractivity contribution in [3.63, 3.8) is 0 Å². The van der Waals surface area contributed by atoms with Gasteiger partial charge in [0.1, 0.15) is 12.1 Å². The lowest BCUT2D eigenvalue weighted by atomic mass is 10.0. The van der Waals surface area contributed by atoms with E-state index in [-0.39, 0.29) is 0 Å². The highest BCUT2D eigenvalue weighted by molar-refractivity contribution is 5.80. The first-order valence-electron chi connectivity index (χ1n) is 10.1. The van der Waals surface area contributed by atoms with Crippen molar-refractivity contribution in [2.45, 2.75) is 25.0 Å². The van der Waals surface area contributed by atoms with Crippen molar-refractivity contribution >= 4 is 17.0 Å². The Balaban J connectivity index is 1.51. The van der Waals surface area contributed by atoms with Gasteiger partial charge in [-0.25, -0.2) is 4.79 Å². The summed E-state index contributed by atoms with van der Waals surface area (Å²) in [5, 5.41) is 9.70. The van der Waals surface area contributed by atoms with Crippen LogP contribution in [0.15, 0.2) is 45.7 Å². The SMILES string of the molecule is Cn1c(=O)oc2ccc(-c3ccc(C[C@H](C#N)N4CCCO[C@H](C(N)=O)C4)nc3)cc21. The molecular formula is C22H23N5O4. The summed E-state index contributed by atoms with van der Waals surface area (Å²) in [5.41, 5.74) is 9.22. The van der Waals surface area contributed by atoms with Crippen LogP contribution in [0.5, 0.6) is 0 Å². The van der Waals surface area contributed by atoms with Crippen molar-refractivity contribution in [3.05, 3.63) is 52.8 Å². The zero-order valence-corrected chi connectivity index (χ0v) is 17.2. The second kappa shape index (κ2) is 8.71. The molecule has 2 aromatic heterocycles. The number of carbonyl (C=O) groups excluding carboxylic acids is 1. The summed E-state index contributed by atoms with van der Waals surface area (Å²) in [6, 6.07) is 11.2. The normalized spacial score (nSPS) is 18.4. The Labute approximate surface area is 178 Å². The van der Waals surface area contributed by atoms with Crippen LogP contribution in [0.3, 0.4) is 0 Å². The Hall–Kier alpha value is -3.48. The highest BCUT2D eigenvalue weighted by Gasteiger charge is 2.28. The van der Waals surface area contributed by atoms with Gasteiger partial charge < -0.3 is 14.9 Å². The van der Waals surface area contributed by atoms with Crippen molar-refractivity contribution in [1.29, 1.82) is 5.26 Å². The Morgan fingerprint density at radius 2 is 2.16 bits per heavy atom. The maximum Gasteiger partial charge on any atom is 0.419 e. The molecule has 1 amide bonds. The van der Waals surface area contributed by atoms with Gasteiger partial charge in [-0.15, -0.1) is 0 Å². The highest BCUT2D eigenvalue weighted by Crippen LogP contribution is 2.24. The molecule has 1 aromatic carbocycles. The molecule has 1 aliphatic rings. The summed E-state index contributed by atoms with van der Waals surface area (Å²) in [6.45, 7) is 1.40. The molecule has 160 valence electrons. The number of carbonyl (C=O) groups is 1. The third-order valence-electron chi connectivity index (χ3n) is 5.57. The lowest BCUT2D eigenvalue weighted by molar-refractivity contribution is -0.129. The third-order valence-corrected chi connectivity index (χ3v) is 5.57. The predicted octanol–water partition coefficient (Wildman–Crippen LogP) is 1.20. The second-order valence-electron chi connectivity index (χ2n) is 7.61. The van der Waals surface area contributed by atoms with Crippen LogP contribution in [0.4, 0.5) is 0 Å². The summed E-state index contributed by atoms with van der Waals surface area (Å²) in [4.78, 5) is 29.7. The number of nitrogens with two attached hydrogens (primary N) is 1. The molecule has 4 rings (SSSR count). The molecule has 0 unspecified atom stereocenters. The molecule has 1 saturated heterocycles. The van der Waals surface area contributed by atoms with E-state index in [4.69, 9.17) is 14.9 Å². The topological polar surface area (TPSA) is 127 Å². The number of nitrogens with zero attached hydrogens (tertiary/aromatic N) is 4. The zero-order valence-electron chi connectivity index (χ0n) is 17.2. The molecular weight excluding hydrogens is 398 g/mol. The van der Waals surface area contributed by atoms with Crippen molar-refractivity contribution in [3.8, 4) is 17.2 Å². The van der Waals surface area contributed by atoms with Crippen LogP contribution < -0.4 is 11.5 Å². The number of aryl methyl sites for hydroxylation is 1. The van der Waals surface area contributed by atoms with Gasteiger partial charge >= 0.3 is 5.76 Å². The molecule has 9 nitrogen and oxygen atoms in total. The van der Waals surface area contributed by atoms with E-state index in [9.17, 15) is 14.9 Å². The number of benzene rings is 1. The Bertz CT molecular complexity index is 1190. The molecule has 1 aliphatic heterocycles. The fourth-order valence-electron chi connectivity index (χ4n) is 3.78. The van der Waals surface area contributed by atoms with Gasteiger partial charge in [0.05, 0.1) is 11.6 Å². The predicted molar refractivity (Wildman–Crippen MR) is 113 cm³/mol. The van der Waals surface area contributed by atoms with E-state index >= 15 is 0 Å². The van der Waals surface area contributed by atoms with Gasteiger partial charge in [0.2, 0.25) is 5.91 Å². The average Bonchev–Trinajstić information content (AvgIpc) is 2.94. The molecule has 0 aliphatic carbocycles. The number of rotatable bonds is 5. The quantitative estimate of drug-likeness (QED) is 0.656. The maximum atomic E-state index is 11.7. The molecule has 3 aromatic rings. The van der Waals surface area contributed by atoms with Gasteiger partial charge in [-0.3, -0.25) is 19.2 Å². The number of hydrogen-bond acceptors (Lipinski definition) is 7. The molecule has 31 heavy (non-hydrogen) atoms. The van der Waals surface area contributed by atoms with E-state index in [0.29, 0.717) is 37.2 Å². The first-order chi connectivity index (χ1) is 15.0. The Morgan fingerprint density at radius 1 is 1.35 bits per heavy atom. The van der Waals surface area contributed by atoms with Crippen LogP contribution in [0.2, 0.25) is 0 Å². The second-order valence-corrected chi connectivity index (χ2v) is 7.61. The Morgan fingerprint density at radius 3 is 2.87 bits per heavy atom. The minimum Gasteiger partial charge on any atom is -0.408 e. The molecule has 2 atom stereocenters. The summed E-state index contributed by atoms with van der Waals surface area (Å²) >= 11 is 0. The number of ether oxygens (including phenoxy) is 1. The van der Waals surface area contributed by atoms with Crippen molar-refractivity contribution in [2.24, 2.45) is 12.8 Å². The number of primary amides is 1. The van der Waals surface area contributed by atoms with E-state index in [1.54, 1.807) is 19.3 Å². The van der Waals surface area contributed by atoms with Crippen LogP contribution in [-0.4, -0.2) is 52.2 Å². The first-order valence-corrected chi connectivity index (χ1v) is 10.1. The molecule has 0 radical (unpaired) electrons. The van der Waals surface area contributed by atoms with E-state index < -0.39 is 23.8 Å². The van der Waals surface area contributed by atoms with Gasteiger partial charge in [0.25, 0.3) is 0 Å². The summed E-state index contributed by atoms with van der Waals surface area (Å²) in [7, 11) is 1.66. The molecule has 9 heteroatoms. The van der Waals surface area contributed by atoms with E-state index in [0.717, 1.165) is 23.2 Å². The zero-order chi connectivity index (χ0) is 22.0. The number of nitriles is 1. The lowest BCUT2D eigenvalue weighted by Gasteiger charge is -2.26. The third kappa shape index (κ3) is 4.35. The van der Waals surface area contributed by atoms with Crippen molar-refractivity contribution in [1.82, 2.24) is 14.5 Å². The van der Waals surface area contributed by atoms with E-state index in [1.165, 1.54) is 4.57 Å². The molecule has 2 N–H and O–H groups in total. The number of hydrogen-bond donors (Lipinski definition) is 1. The minimum absolute atomic E-state index is 0.301. The molecule has 3 heterocycles. The van der Waals surface area contributed by atoms with Crippen LogP contribution >= 0.6 is 0 Å². The summed E-state index contributed by atoms with van der Waals surface area (Å²) < 4.78 is 12.1. The monoisotopic (exact) mass is 421 g/mol. The average molecular weight is 421 g/mol. The summed E-state index contributed by atoms with van der Waals surface area (Å²) in [5.74, 6) is -0.918. The number of fused-ring (bicyclic) bond motifs is 1. The highest BCUT2D eigenvalue weighted by atomic mass is 16.5. The van der Waals surface area contributed by atoms with Crippen molar-refractivity contribution < 1.29 is 13.9 Å². The number of pyridine rings is 1. The lowest BCUT2D eigenvalue weighted by Crippen LogP contribution is -2.45. The smallest absolute Gasteiger partial charge is 0.408 e. The van der Waals surface area contributed by atoms with Crippen LogP contribution in [0, 0.1) is 11.3 Å². The maximum absolute atomic E-state index is 11.7. The van der Waals surface area contributed by atoms with Gasteiger partial charge in [-0.05, 0) is 30.2 Å². The van der Waals surface area contributed by atoms with Gasteiger partial charge in [0, 0.05) is 50.6 Å². The number of aromatic nitrogens is 2. The minimum atomic E-state index is -0.706. The fourth-order valence-corrected chi connectivity index (χ4v) is 3.78. The van der Waals surface area contributed by atoms with Gasteiger partial charge in [-0.2, -0.15) is 5.26 Å². The van der Waals surface area contributed by atoms with E-state index in [1.807, 2.05) is 29.2 Å². The fraction of sp³-hybridized carbons (Fsp3) is 0.364. The van der Waals surface area contributed by atoms with Crippen molar-refractivity contribution in [2.75, 3.05) is 19.7 Å². The van der Waals surface area contributed by atoms with E-state index in [2.05, 4.69) is 11.1 Å².